The van der Waals surface area contributed by atoms with Crippen LogP contribution < -0.4 is 9.64 Å². The molecule has 0 saturated carbocycles. The van der Waals surface area contributed by atoms with Crippen molar-refractivity contribution in [1.82, 2.24) is 14.5 Å². The predicted molar refractivity (Wildman–Crippen MR) is 116 cm³/mol. The molecule has 0 N–H and O–H groups in total. The van der Waals surface area contributed by atoms with Gasteiger partial charge in [0.25, 0.3) is 0 Å². The van der Waals surface area contributed by atoms with Crippen LogP contribution in [0.15, 0.2) is 59.5 Å². The molecule has 2 heterocycles. The molecule has 0 unspecified atom stereocenters. The van der Waals surface area contributed by atoms with E-state index in [0.29, 0.717) is 23.9 Å². The summed E-state index contributed by atoms with van der Waals surface area (Å²) in [7, 11) is -2.47. The number of benzene rings is 2. The van der Waals surface area contributed by atoms with Crippen molar-refractivity contribution in [3.05, 3.63) is 65.4 Å². The van der Waals surface area contributed by atoms with E-state index in [1.54, 1.807) is 12.1 Å². The van der Waals surface area contributed by atoms with Crippen molar-refractivity contribution in [2.75, 3.05) is 38.2 Å². The van der Waals surface area contributed by atoms with E-state index in [4.69, 9.17) is 16.3 Å². The average Bonchev–Trinajstić information content (AvgIpc) is 2.80. The summed E-state index contributed by atoms with van der Waals surface area (Å²) < 4.78 is 45.9. The second-order valence-corrected chi connectivity index (χ2v) is 9.35. The molecular weight excluding hydrogens is 443 g/mol. The number of sulfonamides is 1. The van der Waals surface area contributed by atoms with Gasteiger partial charge in [-0.2, -0.15) is 4.31 Å². The third-order valence-electron chi connectivity index (χ3n) is 5.11. The molecule has 31 heavy (non-hydrogen) atoms. The fraction of sp³-hybridized carbons (Fsp3) is 0.238. The molecule has 0 radical (unpaired) electrons. The maximum absolute atomic E-state index is 14.0. The molecular formula is C21H20ClFN4O3S. The molecule has 10 heteroatoms. The topological polar surface area (TPSA) is 75.6 Å². The molecule has 7 nitrogen and oxygen atoms in total. The summed E-state index contributed by atoms with van der Waals surface area (Å²) in [6, 6.07) is 14.7. The zero-order valence-electron chi connectivity index (χ0n) is 16.7. The largest absolute Gasteiger partial charge is 0.494 e. The second kappa shape index (κ2) is 8.78. The monoisotopic (exact) mass is 462 g/mol. The van der Waals surface area contributed by atoms with Crippen LogP contribution in [-0.4, -0.2) is 56.2 Å². The normalized spacial score (nSPS) is 15.1. The van der Waals surface area contributed by atoms with Crippen LogP contribution in [0.3, 0.4) is 0 Å². The minimum absolute atomic E-state index is 0.00407. The van der Waals surface area contributed by atoms with Gasteiger partial charge in [-0.05, 0) is 42.5 Å². The van der Waals surface area contributed by atoms with E-state index in [9.17, 15) is 12.8 Å². The van der Waals surface area contributed by atoms with E-state index in [2.05, 4.69) is 10.2 Å². The summed E-state index contributed by atoms with van der Waals surface area (Å²) in [4.78, 5) is 1.88. The highest BCUT2D eigenvalue weighted by atomic mass is 35.5. The summed E-state index contributed by atoms with van der Waals surface area (Å²) >= 11 is 5.92. The molecule has 0 atom stereocenters. The Kier molecular flexibility index (Phi) is 6.08. The Bertz CT molecular complexity index is 1170. The summed E-state index contributed by atoms with van der Waals surface area (Å²) in [5, 5.41) is 9.22. The van der Waals surface area contributed by atoms with Crippen LogP contribution >= 0.6 is 11.6 Å². The quantitative estimate of drug-likeness (QED) is 0.578. The van der Waals surface area contributed by atoms with Gasteiger partial charge in [-0.3, -0.25) is 0 Å². The lowest BCUT2D eigenvalue weighted by Crippen LogP contribution is -2.49. The number of rotatable bonds is 5. The van der Waals surface area contributed by atoms with Crippen LogP contribution in [0.5, 0.6) is 5.75 Å². The molecule has 1 aliphatic rings. The van der Waals surface area contributed by atoms with Gasteiger partial charge in [0, 0.05) is 36.8 Å². The zero-order valence-corrected chi connectivity index (χ0v) is 18.3. The minimum atomic E-state index is -3.80. The van der Waals surface area contributed by atoms with Crippen LogP contribution in [0, 0.1) is 5.82 Å². The van der Waals surface area contributed by atoms with E-state index in [-0.39, 0.29) is 23.7 Å². The van der Waals surface area contributed by atoms with E-state index in [1.807, 2.05) is 29.2 Å². The van der Waals surface area contributed by atoms with Crippen LogP contribution in [0.1, 0.15) is 0 Å². The molecule has 162 valence electrons. The zero-order chi connectivity index (χ0) is 22.0. The Morgan fingerprint density at radius 3 is 2.26 bits per heavy atom. The second-order valence-electron chi connectivity index (χ2n) is 6.97. The van der Waals surface area contributed by atoms with E-state index in [0.717, 1.165) is 17.3 Å². The predicted octanol–water partition coefficient (Wildman–Crippen LogP) is 3.46. The third-order valence-corrected chi connectivity index (χ3v) is 7.26. The molecule has 0 bridgehead atoms. The van der Waals surface area contributed by atoms with Crippen molar-refractivity contribution in [1.29, 1.82) is 0 Å². The molecule has 4 rings (SSSR count). The van der Waals surface area contributed by atoms with Gasteiger partial charge in [0.1, 0.15) is 0 Å². The molecule has 1 fully saturated rings. The van der Waals surface area contributed by atoms with Gasteiger partial charge in [0.15, 0.2) is 17.4 Å². The Balaban J connectivity index is 1.43. The van der Waals surface area contributed by atoms with E-state index >= 15 is 0 Å². The van der Waals surface area contributed by atoms with Crippen LogP contribution in [-0.2, 0) is 10.0 Å². The van der Waals surface area contributed by atoms with Gasteiger partial charge in [-0.25, -0.2) is 12.8 Å². The van der Waals surface area contributed by atoms with Gasteiger partial charge < -0.3 is 9.64 Å². The number of aromatic nitrogens is 2. The first-order valence-corrected chi connectivity index (χ1v) is 11.4. The van der Waals surface area contributed by atoms with Crippen LogP contribution in [0.25, 0.3) is 11.3 Å². The van der Waals surface area contributed by atoms with Crippen molar-refractivity contribution < 1.29 is 17.5 Å². The molecule has 3 aromatic rings. The number of hydrogen-bond donors (Lipinski definition) is 0. The smallest absolute Gasteiger partial charge is 0.243 e. The van der Waals surface area contributed by atoms with Crippen molar-refractivity contribution in [2.45, 2.75) is 4.90 Å². The van der Waals surface area contributed by atoms with Crippen molar-refractivity contribution in [3.63, 3.8) is 0 Å². The Hall–Kier alpha value is -2.75. The SMILES string of the molecule is COc1ccc(S(=O)(=O)N2CCN(c3ccc(-c4ccc(Cl)cc4)nn3)CC2)cc1F. The molecule has 0 amide bonds. The van der Waals surface area contributed by atoms with Gasteiger partial charge in [-0.1, -0.05) is 23.7 Å². The number of methoxy groups -OCH3 is 1. The highest BCUT2D eigenvalue weighted by Gasteiger charge is 2.29. The number of halogens is 2. The number of piperazine rings is 1. The van der Waals surface area contributed by atoms with Gasteiger partial charge in [0.2, 0.25) is 10.0 Å². The van der Waals surface area contributed by atoms with E-state index in [1.165, 1.54) is 23.5 Å². The third kappa shape index (κ3) is 4.48. The fourth-order valence-corrected chi connectivity index (χ4v) is 4.94. The summed E-state index contributed by atoms with van der Waals surface area (Å²) in [5.74, 6) is -0.0343. The maximum Gasteiger partial charge on any atom is 0.243 e. The van der Waals surface area contributed by atoms with Crippen molar-refractivity contribution in [3.8, 4) is 17.0 Å². The number of ether oxygens (including phenoxy) is 1. The molecule has 1 aliphatic heterocycles. The lowest BCUT2D eigenvalue weighted by Gasteiger charge is -2.34. The van der Waals surface area contributed by atoms with Crippen LogP contribution in [0.4, 0.5) is 10.2 Å². The molecule has 0 spiro atoms. The van der Waals surface area contributed by atoms with Crippen molar-refractivity contribution in [2.24, 2.45) is 0 Å². The van der Waals surface area contributed by atoms with E-state index < -0.39 is 15.8 Å². The first-order chi connectivity index (χ1) is 14.9. The first-order valence-electron chi connectivity index (χ1n) is 9.57. The summed E-state index contributed by atoms with van der Waals surface area (Å²) in [5.41, 5.74) is 1.63. The van der Waals surface area contributed by atoms with Crippen LogP contribution in [0.2, 0.25) is 5.02 Å². The van der Waals surface area contributed by atoms with Gasteiger partial charge in [-0.15, -0.1) is 10.2 Å². The fourth-order valence-electron chi connectivity index (χ4n) is 3.38. The highest BCUT2D eigenvalue weighted by Crippen LogP contribution is 2.25. The lowest BCUT2D eigenvalue weighted by molar-refractivity contribution is 0.379. The Morgan fingerprint density at radius 1 is 0.968 bits per heavy atom. The standard InChI is InChI=1S/C21H20ClFN4O3S/c1-30-20-8-6-17(14-18(20)23)31(28,29)27-12-10-26(11-13-27)21-9-7-19(24-25-21)15-2-4-16(22)5-3-15/h2-9,14H,10-13H2,1H3. The summed E-state index contributed by atoms with van der Waals surface area (Å²) in [6.45, 7) is 1.42. The lowest BCUT2D eigenvalue weighted by atomic mass is 10.1. The Morgan fingerprint density at radius 2 is 1.68 bits per heavy atom. The van der Waals surface area contributed by atoms with Crippen molar-refractivity contribution >= 4 is 27.4 Å². The number of hydrogen-bond acceptors (Lipinski definition) is 6. The molecule has 1 saturated heterocycles. The van der Waals surface area contributed by atoms with Gasteiger partial charge >= 0.3 is 0 Å². The highest BCUT2D eigenvalue weighted by molar-refractivity contribution is 7.89. The maximum atomic E-state index is 14.0. The Labute approximate surface area is 185 Å². The molecule has 1 aromatic heterocycles. The number of anilines is 1. The molecule has 2 aromatic carbocycles. The van der Waals surface area contributed by atoms with Gasteiger partial charge in [0.05, 0.1) is 17.7 Å². The summed E-state index contributed by atoms with van der Waals surface area (Å²) in [6.07, 6.45) is 0. The first kappa shape index (κ1) is 21.5. The molecule has 0 aliphatic carbocycles. The minimum Gasteiger partial charge on any atom is -0.494 e. The number of nitrogens with zero attached hydrogens (tertiary/aromatic N) is 4. The average molecular weight is 463 g/mol.